The molecular weight excluding hydrogens is 375 g/mol. The molecule has 1 aromatic heterocycles. The van der Waals surface area contributed by atoms with E-state index in [1.54, 1.807) is 18.2 Å². The second-order valence-electron chi connectivity index (χ2n) is 5.67. The van der Waals surface area contributed by atoms with Gasteiger partial charge in [-0.25, -0.2) is 0 Å². The Labute approximate surface area is 161 Å². The minimum atomic E-state index is -0.0734. The van der Waals surface area contributed by atoms with Crippen molar-refractivity contribution < 1.29 is 4.79 Å². The highest BCUT2D eigenvalue weighted by atomic mass is 35.5. The highest BCUT2D eigenvalue weighted by Gasteiger charge is 2.11. The first-order valence-electron chi connectivity index (χ1n) is 8.04. The molecule has 3 aromatic rings. The monoisotopic (exact) mass is 392 g/mol. The van der Waals surface area contributed by atoms with Crippen molar-refractivity contribution in [3.63, 3.8) is 0 Å². The summed E-state index contributed by atoms with van der Waals surface area (Å²) in [5.41, 5.74) is 1.85. The molecule has 0 fully saturated rings. The number of aromatic nitrogens is 1. The van der Waals surface area contributed by atoms with Crippen LogP contribution in [0.4, 0.5) is 5.69 Å². The van der Waals surface area contributed by atoms with Crippen molar-refractivity contribution in [1.29, 1.82) is 0 Å². The van der Waals surface area contributed by atoms with E-state index in [0.29, 0.717) is 21.5 Å². The van der Waals surface area contributed by atoms with Gasteiger partial charge in [0.1, 0.15) is 0 Å². The van der Waals surface area contributed by atoms with Crippen molar-refractivity contribution in [3.05, 3.63) is 58.7 Å². The number of carbonyl (C=O) groups is 1. The van der Waals surface area contributed by atoms with E-state index in [2.05, 4.69) is 35.1 Å². The zero-order valence-electron chi connectivity index (χ0n) is 13.8. The third-order valence-electron chi connectivity index (χ3n) is 3.78. The predicted octanol–water partition coefficient (Wildman–Crippen LogP) is 6.09. The predicted molar refractivity (Wildman–Crippen MR) is 108 cm³/mol. The average molecular weight is 393 g/mol. The lowest BCUT2D eigenvalue weighted by Crippen LogP contribution is -2.13. The smallest absolute Gasteiger partial charge is 0.234 e. The van der Waals surface area contributed by atoms with Crippen molar-refractivity contribution >= 4 is 57.5 Å². The molecule has 0 aliphatic rings. The quantitative estimate of drug-likeness (QED) is 0.515. The number of benzene rings is 2. The fourth-order valence-electron chi connectivity index (χ4n) is 2.67. The first-order valence-corrected chi connectivity index (χ1v) is 9.78. The number of carbonyl (C=O) groups excluding carboxylic acids is 1. The molecule has 130 valence electrons. The Morgan fingerprint density at radius 1 is 1.16 bits per heavy atom. The van der Waals surface area contributed by atoms with Crippen LogP contribution in [0, 0.1) is 0 Å². The molecule has 0 unspecified atom stereocenters. The van der Waals surface area contributed by atoms with Gasteiger partial charge in [-0.3, -0.25) is 4.79 Å². The number of amides is 1. The Morgan fingerprint density at radius 3 is 2.72 bits per heavy atom. The molecule has 0 saturated heterocycles. The molecule has 0 radical (unpaired) electrons. The number of fused-ring (bicyclic) bond motifs is 1. The third kappa shape index (κ3) is 4.32. The lowest BCUT2D eigenvalue weighted by Gasteiger charge is -2.06. The summed E-state index contributed by atoms with van der Waals surface area (Å²) in [6.07, 6.45) is 3.20. The van der Waals surface area contributed by atoms with E-state index in [1.165, 1.54) is 22.7 Å². The number of rotatable bonds is 6. The van der Waals surface area contributed by atoms with Crippen LogP contribution < -0.4 is 5.32 Å². The Balaban J connectivity index is 1.69. The molecule has 3 rings (SSSR count). The van der Waals surface area contributed by atoms with Gasteiger partial charge in [0.05, 0.1) is 15.8 Å². The van der Waals surface area contributed by atoms with Crippen LogP contribution in [-0.4, -0.2) is 16.2 Å². The van der Waals surface area contributed by atoms with E-state index in [-0.39, 0.29) is 5.91 Å². The molecule has 0 bridgehead atoms. The van der Waals surface area contributed by atoms with Gasteiger partial charge in [-0.05, 0) is 30.7 Å². The van der Waals surface area contributed by atoms with Crippen LogP contribution in [0.2, 0.25) is 10.0 Å². The average Bonchev–Trinajstić information content (AvgIpc) is 2.95. The maximum atomic E-state index is 12.2. The van der Waals surface area contributed by atoms with Gasteiger partial charge in [0.25, 0.3) is 0 Å². The number of para-hydroxylation sites is 1. The van der Waals surface area contributed by atoms with Gasteiger partial charge >= 0.3 is 0 Å². The molecular formula is C19H18Cl2N2OS. The maximum absolute atomic E-state index is 12.2. The van der Waals surface area contributed by atoms with Crippen LogP contribution in [-0.2, 0) is 11.3 Å². The van der Waals surface area contributed by atoms with Crippen molar-refractivity contribution in [2.45, 2.75) is 24.8 Å². The number of hydrogen-bond acceptors (Lipinski definition) is 2. The van der Waals surface area contributed by atoms with Crippen LogP contribution in [0.5, 0.6) is 0 Å². The van der Waals surface area contributed by atoms with Crippen LogP contribution in [0.15, 0.2) is 53.6 Å². The van der Waals surface area contributed by atoms with Crippen LogP contribution >= 0.6 is 35.0 Å². The van der Waals surface area contributed by atoms with E-state index < -0.39 is 0 Å². The van der Waals surface area contributed by atoms with Gasteiger partial charge in [0, 0.05) is 34.2 Å². The van der Waals surface area contributed by atoms with Gasteiger partial charge in [0.2, 0.25) is 5.91 Å². The Morgan fingerprint density at radius 2 is 1.96 bits per heavy atom. The maximum Gasteiger partial charge on any atom is 0.234 e. The lowest BCUT2D eigenvalue weighted by atomic mass is 10.2. The zero-order chi connectivity index (χ0) is 17.8. The Bertz CT molecular complexity index is 908. The molecule has 1 heterocycles. The largest absolute Gasteiger partial charge is 0.346 e. The summed E-state index contributed by atoms with van der Waals surface area (Å²) in [6, 6.07) is 13.3. The molecule has 0 atom stereocenters. The number of nitrogens with one attached hydrogen (secondary N) is 1. The molecule has 1 amide bonds. The number of aryl methyl sites for hydroxylation is 1. The molecule has 1 N–H and O–H groups in total. The lowest BCUT2D eigenvalue weighted by molar-refractivity contribution is -0.113. The number of thioether (sulfide) groups is 1. The second-order valence-corrected chi connectivity index (χ2v) is 7.50. The standard InChI is InChI=1S/C19H18Cl2N2OS/c1-2-9-23-11-18(14-5-3-4-6-17(14)23)25-12-19(24)22-13-7-8-15(20)16(21)10-13/h3-8,10-11H,2,9,12H2,1H3,(H,22,24). The minimum absolute atomic E-state index is 0.0734. The fraction of sp³-hybridized carbons (Fsp3) is 0.211. The van der Waals surface area contributed by atoms with E-state index in [0.717, 1.165) is 17.9 Å². The normalized spacial score (nSPS) is 11.0. The first kappa shape index (κ1) is 18.2. The molecule has 0 spiro atoms. The zero-order valence-corrected chi connectivity index (χ0v) is 16.1. The highest BCUT2D eigenvalue weighted by molar-refractivity contribution is 8.00. The molecule has 25 heavy (non-hydrogen) atoms. The van der Waals surface area contributed by atoms with Crippen molar-refractivity contribution in [2.24, 2.45) is 0 Å². The summed E-state index contributed by atoms with van der Waals surface area (Å²) < 4.78 is 2.24. The van der Waals surface area contributed by atoms with E-state index in [4.69, 9.17) is 23.2 Å². The van der Waals surface area contributed by atoms with Gasteiger partial charge in [-0.1, -0.05) is 48.3 Å². The summed E-state index contributed by atoms with van der Waals surface area (Å²) >= 11 is 13.4. The van der Waals surface area contributed by atoms with E-state index >= 15 is 0 Å². The van der Waals surface area contributed by atoms with Gasteiger partial charge in [-0.2, -0.15) is 0 Å². The topological polar surface area (TPSA) is 34.0 Å². The van der Waals surface area contributed by atoms with Crippen molar-refractivity contribution in [3.8, 4) is 0 Å². The highest BCUT2D eigenvalue weighted by Crippen LogP contribution is 2.30. The molecule has 3 nitrogen and oxygen atoms in total. The van der Waals surface area contributed by atoms with Crippen LogP contribution in [0.25, 0.3) is 10.9 Å². The molecule has 0 aliphatic carbocycles. The summed E-state index contributed by atoms with van der Waals surface area (Å²) in [4.78, 5) is 13.4. The van der Waals surface area contributed by atoms with Crippen molar-refractivity contribution in [2.75, 3.05) is 11.1 Å². The first-order chi connectivity index (χ1) is 12.1. The molecule has 0 aliphatic heterocycles. The second kappa shape index (κ2) is 8.17. The van der Waals surface area contributed by atoms with Gasteiger partial charge in [-0.15, -0.1) is 11.8 Å². The Hall–Kier alpha value is -1.62. The molecule has 6 heteroatoms. The SMILES string of the molecule is CCCn1cc(SCC(=O)Nc2ccc(Cl)c(Cl)c2)c2ccccc21. The third-order valence-corrected chi connectivity index (χ3v) is 5.56. The molecule has 0 saturated carbocycles. The van der Waals surface area contributed by atoms with E-state index in [9.17, 15) is 4.79 Å². The summed E-state index contributed by atoms with van der Waals surface area (Å²) in [6.45, 7) is 3.13. The van der Waals surface area contributed by atoms with Crippen molar-refractivity contribution in [1.82, 2.24) is 4.57 Å². The Kier molecular flexibility index (Phi) is 5.94. The van der Waals surface area contributed by atoms with Gasteiger partial charge in [0.15, 0.2) is 0 Å². The minimum Gasteiger partial charge on any atom is -0.346 e. The number of halogens is 2. The molecule has 2 aromatic carbocycles. The summed E-state index contributed by atoms with van der Waals surface area (Å²) in [5.74, 6) is 0.260. The summed E-state index contributed by atoms with van der Waals surface area (Å²) in [7, 11) is 0. The van der Waals surface area contributed by atoms with Gasteiger partial charge < -0.3 is 9.88 Å². The fourth-order valence-corrected chi connectivity index (χ4v) is 3.86. The number of anilines is 1. The van der Waals surface area contributed by atoms with Crippen LogP contribution in [0.1, 0.15) is 13.3 Å². The number of hydrogen-bond donors (Lipinski definition) is 1. The summed E-state index contributed by atoms with van der Waals surface area (Å²) in [5, 5.41) is 4.93. The van der Waals surface area contributed by atoms with E-state index in [1.807, 2.05) is 12.1 Å². The number of nitrogens with zero attached hydrogens (tertiary/aromatic N) is 1. The van der Waals surface area contributed by atoms with Crippen LogP contribution in [0.3, 0.4) is 0 Å².